The van der Waals surface area contributed by atoms with Crippen LogP contribution in [0, 0.1) is 5.82 Å². The van der Waals surface area contributed by atoms with Crippen molar-refractivity contribution < 1.29 is 18.7 Å². The third kappa shape index (κ3) is 5.63. The number of halogens is 1. The lowest BCUT2D eigenvalue weighted by molar-refractivity contribution is -0.119. The van der Waals surface area contributed by atoms with Crippen molar-refractivity contribution in [3.63, 3.8) is 0 Å². The molecule has 2 heterocycles. The average Bonchev–Trinajstić information content (AvgIpc) is 2.74. The predicted molar refractivity (Wildman–Crippen MR) is 109 cm³/mol. The largest absolute Gasteiger partial charge is 0.379 e. The van der Waals surface area contributed by atoms with Crippen LogP contribution in [0.25, 0.3) is 0 Å². The Kier molecular flexibility index (Phi) is 8.61. The van der Waals surface area contributed by atoms with Crippen molar-refractivity contribution in [3.05, 3.63) is 72.1 Å². The van der Waals surface area contributed by atoms with Crippen LogP contribution in [0.2, 0.25) is 0 Å². The minimum absolute atomic E-state index is 0.211. The second-order valence-electron chi connectivity index (χ2n) is 7.02. The Bertz CT molecular complexity index is 690. The maximum absolute atomic E-state index is 13.0. The Hall–Kier alpha value is -2.24. The van der Waals surface area contributed by atoms with Crippen LogP contribution >= 0.6 is 0 Å². The SMILES string of the molecule is C=CC1=C(C=C)[C@H](c2ccc(F)cc2)N(C=O)CC1.COC1CC[C@H](C)OC1. The molecule has 1 saturated heterocycles. The summed E-state index contributed by atoms with van der Waals surface area (Å²) in [7, 11) is 1.74. The topological polar surface area (TPSA) is 38.8 Å². The van der Waals surface area contributed by atoms with Crippen molar-refractivity contribution in [2.75, 3.05) is 20.3 Å². The summed E-state index contributed by atoms with van der Waals surface area (Å²) < 4.78 is 23.5. The number of amides is 1. The zero-order valence-electron chi connectivity index (χ0n) is 16.8. The molecular formula is C23H30FNO3. The molecule has 2 aliphatic rings. The molecule has 3 rings (SSSR count). The van der Waals surface area contributed by atoms with E-state index in [0.29, 0.717) is 18.8 Å². The fraction of sp³-hybridized carbons (Fsp3) is 0.435. The molecule has 1 aromatic rings. The smallest absolute Gasteiger partial charge is 0.210 e. The Morgan fingerprint density at radius 2 is 1.93 bits per heavy atom. The van der Waals surface area contributed by atoms with Crippen LogP contribution in [-0.2, 0) is 14.3 Å². The first-order chi connectivity index (χ1) is 13.5. The zero-order chi connectivity index (χ0) is 20.5. The van der Waals surface area contributed by atoms with Crippen molar-refractivity contribution in [2.24, 2.45) is 0 Å². The highest BCUT2D eigenvalue weighted by molar-refractivity contribution is 5.55. The highest BCUT2D eigenvalue weighted by atomic mass is 19.1. The van der Waals surface area contributed by atoms with E-state index < -0.39 is 0 Å². The van der Waals surface area contributed by atoms with Crippen LogP contribution in [-0.4, -0.2) is 43.8 Å². The van der Waals surface area contributed by atoms with Gasteiger partial charge in [-0.3, -0.25) is 4.79 Å². The summed E-state index contributed by atoms with van der Waals surface area (Å²) in [5.74, 6) is -0.287. The van der Waals surface area contributed by atoms with Gasteiger partial charge in [-0.25, -0.2) is 4.39 Å². The number of nitrogens with zero attached hydrogens (tertiary/aromatic N) is 1. The van der Waals surface area contributed by atoms with Gasteiger partial charge in [-0.15, -0.1) is 0 Å². The predicted octanol–water partition coefficient (Wildman–Crippen LogP) is 4.60. The van der Waals surface area contributed by atoms with Crippen molar-refractivity contribution in [1.29, 1.82) is 0 Å². The standard InChI is InChI=1S/C16H16FNO.C7H14O2/c1-3-12-9-10-18(11-19)16(15(12)4-2)13-5-7-14(17)8-6-13;1-6-3-4-7(8-2)5-9-6/h3-8,11,16H,1-2,9-10H2;6-7H,3-5H2,1-2H3/t16-;6-,7?/m00/s1. The molecule has 1 unspecified atom stereocenters. The van der Waals surface area contributed by atoms with Crippen LogP contribution in [0.15, 0.2) is 60.7 Å². The minimum atomic E-state index is -0.287. The van der Waals surface area contributed by atoms with Gasteiger partial charge in [-0.1, -0.05) is 37.4 Å². The highest BCUT2D eigenvalue weighted by Crippen LogP contribution is 2.35. The molecule has 0 N–H and O–H groups in total. The molecule has 3 atom stereocenters. The molecule has 0 radical (unpaired) electrons. The highest BCUT2D eigenvalue weighted by Gasteiger charge is 2.27. The fourth-order valence-electron chi connectivity index (χ4n) is 3.51. The third-order valence-corrected chi connectivity index (χ3v) is 5.22. The molecule has 2 aliphatic heterocycles. The zero-order valence-corrected chi connectivity index (χ0v) is 16.8. The van der Waals surface area contributed by atoms with Crippen LogP contribution in [0.4, 0.5) is 4.39 Å². The molecular weight excluding hydrogens is 357 g/mol. The molecule has 0 aliphatic carbocycles. The Labute approximate surface area is 167 Å². The maximum atomic E-state index is 13.0. The monoisotopic (exact) mass is 387 g/mol. The number of ether oxygens (including phenoxy) is 2. The van der Waals surface area contributed by atoms with Gasteiger partial charge in [0.2, 0.25) is 6.41 Å². The maximum Gasteiger partial charge on any atom is 0.210 e. The summed E-state index contributed by atoms with van der Waals surface area (Å²) in [4.78, 5) is 12.9. The quantitative estimate of drug-likeness (QED) is 0.693. The number of benzene rings is 1. The van der Waals surface area contributed by atoms with Gasteiger partial charge in [-0.05, 0) is 55.0 Å². The van der Waals surface area contributed by atoms with Crippen LogP contribution < -0.4 is 0 Å². The van der Waals surface area contributed by atoms with Crippen LogP contribution in [0.5, 0.6) is 0 Å². The molecule has 1 fully saturated rings. The molecule has 152 valence electrons. The van der Waals surface area contributed by atoms with Gasteiger partial charge in [0.15, 0.2) is 0 Å². The number of rotatable bonds is 5. The lowest BCUT2D eigenvalue weighted by Gasteiger charge is -2.35. The summed E-state index contributed by atoms with van der Waals surface area (Å²) in [6.07, 6.45) is 8.23. The van der Waals surface area contributed by atoms with Gasteiger partial charge in [0.1, 0.15) is 5.82 Å². The molecule has 0 bridgehead atoms. The summed E-state index contributed by atoms with van der Waals surface area (Å²) in [6, 6.07) is 6.00. The Morgan fingerprint density at radius 1 is 1.21 bits per heavy atom. The van der Waals surface area contributed by atoms with Crippen LogP contribution in [0.1, 0.15) is 37.8 Å². The number of hydrogen-bond donors (Lipinski definition) is 0. The first-order valence-electron chi connectivity index (χ1n) is 9.62. The molecule has 5 heteroatoms. The van der Waals surface area contributed by atoms with Gasteiger partial charge in [0.25, 0.3) is 0 Å². The third-order valence-electron chi connectivity index (χ3n) is 5.22. The molecule has 0 saturated carbocycles. The number of hydrogen-bond acceptors (Lipinski definition) is 3. The molecule has 0 spiro atoms. The van der Waals surface area contributed by atoms with E-state index in [-0.39, 0.29) is 11.9 Å². The summed E-state index contributed by atoms with van der Waals surface area (Å²) in [5.41, 5.74) is 2.92. The Morgan fingerprint density at radius 3 is 2.43 bits per heavy atom. The van der Waals surface area contributed by atoms with Crippen molar-refractivity contribution in [2.45, 2.75) is 44.4 Å². The summed E-state index contributed by atoms with van der Waals surface area (Å²) in [6.45, 7) is 11.1. The lowest BCUT2D eigenvalue weighted by atomic mass is 9.88. The average molecular weight is 387 g/mol. The molecule has 28 heavy (non-hydrogen) atoms. The first-order valence-corrected chi connectivity index (χ1v) is 9.62. The van der Waals surface area contributed by atoms with E-state index in [4.69, 9.17) is 9.47 Å². The molecule has 0 aromatic heterocycles. The van der Waals surface area contributed by atoms with E-state index in [1.54, 1.807) is 36.3 Å². The number of carbonyl (C=O) groups excluding carboxylic acids is 1. The van der Waals surface area contributed by atoms with Gasteiger partial charge in [0, 0.05) is 13.7 Å². The van der Waals surface area contributed by atoms with E-state index in [2.05, 4.69) is 20.1 Å². The van der Waals surface area contributed by atoms with E-state index in [9.17, 15) is 9.18 Å². The fourth-order valence-corrected chi connectivity index (χ4v) is 3.51. The van der Waals surface area contributed by atoms with Crippen molar-refractivity contribution in [3.8, 4) is 0 Å². The molecule has 1 amide bonds. The Balaban J connectivity index is 0.000000261. The van der Waals surface area contributed by atoms with E-state index in [1.807, 2.05) is 0 Å². The summed E-state index contributed by atoms with van der Waals surface area (Å²) >= 11 is 0. The van der Waals surface area contributed by atoms with E-state index >= 15 is 0 Å². The molecule has 1 aromatic carbocycles. The second-order valence-corrected chi connectivity index (χ2v) is 7.02. The van der Waals surface area contributed by atoms with Crippen LogP contribution in [0.3, 0.4) is 0 Å². The van der Waals surface area contributed by atoms with Gasteiger partial charge in [-0.2, -0.15) is 0 Å². The number of allylic oxidation sites excluding steroid dienone is 1. The van der Waals surface area contributed by atoms with E-state index in [1.165, 1.54) is 12.1 Å². The van der Waals surface area contributed by atoms with E-state index in [0.717, 1.165) is 49.0 Å². The summed E-state index contributed by atoms with van der Waals surface area (Å²) in [5, 5.41) is 0. The second kappa shape index (κ2) is 10.9. The normalized spacial score (nSPS) is 24.8. The van der Waals surface area contributed by atoms with Gasteiger partial charge in [0.05, 0.1) is 24.9 Å². The first kappa shape index (κ1) is 22.1. The lowest BCUT2D eigenvalue weighted by Crippen LogP contribution is -2.33. The molecule has 4 nitrogen and oxygen atoms in total. The van der Waals surface area contributed by atoms with Crippen molar-refractivity contribution in [1.82, 2.24) is 4.90 Å². The van der Waals surface area contributed by atoms with Gasteiger partial charge < -0.3 is 14.4 Å². The number of carbonyl (C=O) groups is 1. The van der Waals surface area contributed by atoms with Gasteiger partial charge >= 0.3 is 0 Å². The minimum Gasteiger partial charge on any atom is -0.379 e. The van der Waals surface area contributed by atoms with Crippen molar-refractivity contribution >= 4 is 6.41 Å². The number of methoxy groups -OCH3 is 1.